The lowest BCUT2D eigenvalue weighted by Crippen LogP contribution is -2.43. The molecule has 1 aromatic rings. The number of hydrogen-bond acceptors (Lipinski definition) is 3. The number of β-amino-alcohol motifs (C(OH)–C–C–N with tert-alkyl or cyclic N) is 1. The number of anilines is 1. The summed E-state index contributed by atoms with van der Waals surface area (Å²) in [5.74, 6) is -1.59. The normalized spacial score (nSPS) is 21.9. The Labute approximate surface area is 127 Å². The topological polar surface area (TPSA) is 89.9 Å². The molecule has 1 aliphatic rings. The number of aliphatic carboxylic acids is 1. The summed E-state index contributed by atoms with van der Waals surface area (Å²) in [6, 6.07) is 2.17. The maximum atomic E-state index is 13.0. The van der Waals surface area contributed by atoms with Gasteiger partial charge in [0.15, 0.2) is 0 Å². The molecule has 0 aromatic heterocycles. The summed E-state index contributed by atoms with van der Waals surface area (Å²) in [6.07, 6.45) is -0.849. The van der Waals surface area contributed by atoms with Gasteiger partial charge < -0.3 is 20.4 Å². The van der Waals surface area contributed by atoms with Crippen LogP contribution in [0, 0.1) is 9.39 Å². The zero-order valence-corrected chi connectivity index (χ0v) is 12.4. The number of benzene rings is 1. The Morgan fingerprint density at radius 3 is 2.75 bits per heavy atom. The van der Waals surface area contributed by atoms with Crippen molar-refractivity contribution < 1.29 is 24.2 Å². The van der Waals surface area contributed by atoms with Crippen molar-refractivity contribution in [2.75, 3.05) is 11.9 Å². The summed E-state index contributed by atoms with van der Waals surface area (Å²) in [7, 11) is 0. The Kier molecular flexibility index (Phi) is 4.43. The van der Waals surface area contributed by atoms with Crippen LogP contribution in [0.2, 0.25) is 0 Å². The van der Waals surface area contributed by atoms with Crippen molar-refractivity contribution in [1.29, 1.82) is 0 Å². The second kappa shape index (κ2) is 5.92. The molecule has 20 heavy (non-hydrogen) atoms. The monoisotopic (exact) mass is 394 g/mol. The van der Waals surface area contributed by atoms with Crippen LogP contribution >= 0.6 is 22.6 Å². The number of carbonyl (C=O) groups excluding carboxylic acids is 1. The number of hydrogen-bond donors (Lipinski definition) is 3. The molecule has 0 saturated carbocycles. The predicted octanol–water partition coefficient (Wildman–Crippen LogP) is 1.48. The highest BCUT2D eigenvalue weighted by atomic mass is 127. The van der Waals surface area contributed by atoms with E-state index in [0.29, 0.717) is 9.26 Å². The molecule has 1 aliphatic heterocycles. The number of carboxylic acid groups (broad SMARTS) is 1. The molecule has 0 radical (unpaired) electrons. The van der Waals surface area contributed by atoms with E-state index in [2.05, 4.69) is 5.32 Å². The van der Waals surface area contributed by atoms with E-state index in [1.165, 1.54) is 18.2 Å². The Morgan fingerprint density at radius 2 is 2.15 bits per heavy atom. The summed E-state index contributed by atoms with van der Waals surface area (Å²) in [5.41, 5.74) is 0.391. The number of nitrogens with one attached hydrogen (secondary N) is 1. The summed E-state index contributed by atoms with van der Waals surface area (Å²) >= 11 is 1.87. The van der Waals surface area contributed by atoms with E-state index in [9.17, 15) is 19.1 Å². The van der Waals surface area contributed by atoms with Gasteiger partial charge in [0.25, 0.3) is 0 Å². The molecule has 0 spiro atoms. The lowest BCUT2D eigenvalue weighted by atomic mass is 10.2. The fourth-order valence-electron chi connectivity index (χ4n) is 2.05. The molecule has 8 heteroatoms. The zero-order valence-electron chi connectivity index (χ0n) is 10.2. The highest BCUT2D eigenvalue weighted by Crippen LogP contribution is 2.22. The summed E-state index contributed by atoms with van der Waals surface area (Å²) < 4.78 is 13.5. The number of nitrogens with zero attached hydrogens (tertiary/aromatic N) is 1. The molecule has 0 unspecified atom stereocenters. The van der Waals surface area contributed by atoms with Gasteiger partial charge in [-0.25, -0.2) is 14.0 Å². The first-order valence-electron chi connectivity index (χ1n) is 5.82. The van der Waals surface area contributed by atoms with E-state index in [1.807, 2.05) is 22.6 Å². The second-order valence-electron chi connectivity index (χ2n) is 4.45. The van der Waals surface area contributed by atoms with Crippen LogP contribution in [0.15, 0.2) is 18.2 Å². The molecule has 108 valence electrons. The number of halogens is 2. The molecule has 3 N–H and O–H groups in total. The third-order valence-corrected chi connectivity index (χ3v) is 3.89. The number of aliphatic hydroxyl groups is 1. The quantitative estimate of drug-likeness (QED) is 0.664. The van der Waals surface area contributed by atoms with Crippen LogP contribution in [0.4, 0.5) is 14.9 Å². The first-order chi connectivity index (χ1) is 9.38. The lowest BCUT2D eigenvalue weighted by Gasteiger charge is -2.21. The number of amides is 2. The number of rotatable bonds is 2. The second-order valence-corrected chi connectivity index (χ2v) is 5.61. The maximum Gasteiger partial charge on any atom is 0.326 e. The van der Waals surface area contributed by atoms with Crippen molar-refractivity contribution in [3.05, 3.63) is 27.6 Å². The Hall–Kier alpha value is -1.42. The average molecular weight is 394 g/mol. The van der Waals surface area contributed by atoms with E-state index in [-0.39, 0.29) is 13.0 Å². The minimum absolute atomic E-state index is 0.00324. The Balaban J connectivity index is 2.13. The van der Waals surface area contributed by atoms with Gasteiger partial charge in [-0.05, 0) is 40.8 Å². The fraction of sp³-hybridized carbons (Fsp3) is 0.333. The van der Waals surface area contributed by atoms with Crippen LogP contribution in [0.1, 0.15) is 6.42 Å². The Bertz CT molecular complexity index is 554. The molecule has 2 amide bonds. The van der Waals surface area contributed by atoms with Gasteiger partial charge in [-0.2, -0.15) is 0 Å². The number of urea groups is 1. The molecular formula is C12H12FIN2O4. The summed E-state index contributed by atoms with van der Waals surface area (Å²) in [4.78, 5) is 24.2. The van der Waals surface area contributed by atoms with Gasteiger partial charge in [0.2, 0.25) is 0 Å². The van der Waals surface area contributed by atoms with Crippen molar-refractivity contribution in [3.63, 3.8) is 0 Å². The van der Waals surface area contributed by atoms with Gasteiger partial charge >= 0.3 is 12.0 Å². The molecule has 1 fully saturated rings. The molecule has 1 heterocycles. The zero-order chi connectivity index (χ0) is 14.9. The van der Waals surface area contributed by atoms with E-state index < -0.39 is 30.0 Å². The number of aliphatic hydroxyl groups excluding tert-OH is 1. The molecule has 1 saturated heterocycles. The first-order valence-corrected chi connectivity index (χ1v) is 6.90. The van der Waals surface area contributed by atoms with Crippen LogP contribution in [-0.4, -0.2) is 45.8 Å². The largest absolute Gasteiger partial charge is 0.480 e. The summed E-state index contributed by atoms with van der Waals surface area (Å²) in [5, 5.41) is 21.0. The fourth-order valence-corrected chi connectivity index (χ4v) is 2.66. The van der Waals surface area contributed by atoms with Crippen LogP contribution in [-0.2, 0) is 4.79 Å². The van der Waals surface area contributed by atoms with E-state index in [0.717, 1.165) is 4.90 Å². The van der Waals surface area contributed by atoms with Crippen LogP contribution < -0.4 is 5.32 Å². The molecule has 0 bridgehead atoms. The third kappa shape index (κ3) is 3.18. The number of carboxylic acids is 1. The van der Waals surface area contributed by atoms with Crippen molar-refractivity contribution >= 4 is 40.3 Å². The first kappa shape index (κ1) is 15.0. The van der Waals surface area contributed by atoms with Gasteiger partial charge in [-0.3, -0.25) is 0 Å². The standard InChI is InChI=1S/C12H12FIN2O4/c13-6-1-2-9(8(14)3-6)15-12(20)16-5-7(17)4-10(16)11(18)19/h1-3,7,10,17H,4-5H2,(H,15,20)(H,18,19)/t7-,10-/m0/s1. The number of carbonyl (C=O) groups is 2. The van der Waals surface area contributed by atoms with Crippen LogP contribution in [0.25, 0.3) is 0 Å². The highest BCUT2D eigenvalue weighted by molar-refractivity contribution is 14.1. The van der Waals surface area contributed by atoms with E-state index in [4.69, 9.17) is 5.11 Å². The lowest BCUT2D eigenvalue weighted by molar-refractivity contribution is -0.141. The molecule has 6 nitrogen and oxygen atoms in total. The third-order valence-electron chi connectivity index (χ3n) is 3.00. The van der Waals surface area contributed by atoms with Crippen molar-refractivity contribution in [1.82, 2.24) is 4.90 Å². The molecule has 1 aromatic carbocycles. The van der Waals surface area contributed by atoms with Gasteiger partial charge in [0.05, 0.1) is 11.8 Å². The van der Waals surface area contributed by atoms with Gasteiger partial charge in [-0.15, -0.1) is 0 Å². The summed E-state index contributed by atoms with van der Waals surface area (Å²) in [6.45, 7) is -0.0411. The SMILES string of the molecule is O=C(O)[C@@H]1C[C@H](O)CN1C(=O)Nc1ccc(F)cc1I. The van der Waals surface area contributed by atoms with Gasteiger partial charge in [-0.1, -0.05) is 0 Å². The van der Waals surface area contributed by atoms with Gasteiger partial charge in [0, 0.05) is 16.5 Å². The van der Waals surface area contributed by atoms with Crippen molar-refractivity contribution in [2.45, 2.75) is 18.6 Å². The number of likely N-dealkylation sites (tertiary alicyclic amines) is 1. The molecular weight excluding hydrogens is 382 g/mol. The minimum atomic E-state index is -1.16. The molecule has 0 aliphatic carbocycles. The maximum absolute atomic E-state index is 13.0. The van der Waals surface area contributed by atoms with E-state index >= 15 is 0 Å². The molecule has 2 atom stereocenters. The van der Waals surface area contributed by atoms with Crippen molar-refractivity contribution in [2.24, 2.45) is 0 Å². The molecule has 2 rings (SSSR count). The smallest absolute Gasteiger partial charge is 0.326 e. The highest BCUT2D eigenvalue weighted by Gasteiger charge is 2.39. The minimum Gasteiger partial charge on any atom is -0.480 e. The van der Waals surface area contributed by atoms with Crippen LogP contribution in [0.3, 0.4) is 0 Å². The Morgan fingerprint density at radius 1 is 1.45 bits per heavy atom. The van der Waals surface area contributed by atoms with Gasteiger partial charge in [0.1, 0.15) is 11.9 Å². The predicted molar refractivity (Wildman–Crippen MR) is 76.9 cm³/mol. The van der Waals surface area contributed by atoms with Crippen LogP contribution in [0.5, 0.6) is 0 Å². The van der Waals surface area contributed by atoms with Crippen molar-refractivity contribution in [3.8, 4) is 0 Å². The average Bonchev–Trinajstić information content (AvgIpc) is 2.75. The van der Waals surface area contributed by atoms with E-state index in [1.54, 1.807) is 0 Å².